The number of carbonyl (C=O) groups excluding carboxylic acids is 2. The van der Waals surface area contributed by atoms with Crippen molar-refractivity contribution in [1.29, 1.82) is 0 Å². The minimum absolute atomic E-state index is 0.00281. The van der Waals surface area contributed by atoms with Crippen LogP contribution in [0.15, 0.2) is 42.7 Å². The van der Waals surface area contributed by atoms with Gasteiger partial charge in [0.2, 0.25) is 11.8 Å². The molecule has 1 fully saturated rings. The highest BCUT2D eigenvalue weighted by Gasteiger charge is 2.33. The Morgan fingerprint density at radius 1 is 1.26 bits per heavy atom. The molecule has 1 unspecified atom stereocenters. The molecule has 1 aliphatic carbocycles. The van der Waals surface area contributed by atoms with Crippen molar-refractivity contribution in [3.05, 3.63) is 58.2 Å². The number of hydrogen-bond acceptors (Lipinski definition) is 5. The number of thiazole rings is 1. The van der Waals surface area contributed by atoms with Crippen LogP contribution in [0.25, 0.3) is 10.9 Å². The fourth-order valence-corrected chi connectivity index (χ4v) is 4.76. The van der Waals surface area contributed by atoms with E-state index in [0.717, 1.165) is 34.2 Å². The van der Waals surface area contributed by atoms with Gasteiger partial charge >= 0.3 is 0 Å². The molecule has 0 bridgehead atoms. The molecular weight excluding hydrogens is 360 g/mol. The summed E-state index contributed by atoms with van der Waals surface area (Å²) in [4.78, 5) is 33.3. The molecule has 1 aromatic carbocycles. The van der Waals surface area contributed by atoms with Crippen molar-refractivity contribution in [2.45, 2.75) is 37.6 Å². The van der Waals surface area contributed by atoms with Crippen LogP contribution < -0.4 is 11.1 Å². The third-order valence-corrected chi connectivity index (χ3v) is 6.21. The Labute approximate surface area is 160 Å². The van der Waals surface area contributed by atoms with Crippen LogP contribution in [0.1, 0.15) is 47.0 Å². The fourth-order valence-electron chi connectivity index (χ4n) is 3.58. The number of rotatable bonds is 5. The number of hydrogen-bond donors (Lipinski definition) is 2. The predicted molar refractivity (Wildman–Crippen MR) is 104 cm³/mol. The number of nitrogens with zero attached hydrogens (tertiary/aromatic N) is 2. The number of nitrogens with two attached hydrogens (primary N) is 1. The van der Waals surface area contributed by atoms with Gasteiger partial charge in [0.05, 0.1) is 5.52 Å². The van der Waals surface area contributed by atoms with Gasteiger partial charge in [0.1, 0.15) is 10.9 Å². The molecule has 1 saturated carbocycles. The van der Waals surface area contributed by atoms with E-state index in [2.05, 4.69) is 15.3 Å². The van der Waals surface area contributed by atoms with Gasteiger partial charge in [-0.3, -0.25) is 14.6 Å². The number of aromatic nitrogens is 2. The minimum Gasteiger partial charge on any atom is -0.369 e. The van der Waals surface area contributed by atoms with Crippen molar-refractivity contribution in [3.8, 4) is 0 Å². The summed E-state index contributed by atoms with van der Waals surface area (Å²) in [7, 11) is 0. The van der Waals surface area contributed by atoms with E-state index in [1.807, 2.05) is 36.5 Å². The molecule has 4 rings (SSSR count). The van der Waals surface area contributed by atoms with Gasteiger partial charge in [0.15, 0.2) is 0 Å². The SMILES string of the molecule is CC(=O)NC1CC(c2cnc(C(C(N)=O)c3ccc4ncccc4c3)s2)C1. The van der Waals surface area contributed by atoms with Gasteiger partial charge in [-0.15, -0.1) is 11.3 Å². The second-order valence-electron chi connectivity index (χ2n) is 6.96. The van der Waals surface area contributed by atoms with Crippen LogP contribution >= 0.6 is 11.3 Å². The second-order valence-corrected chi connectivity index (χ2v) is 8.05. The summed E-state index contributed by atoms with van der Waals surface area (Å²) in [5.74, 6) is -0.603. The third kappa shape index (κ3) is 3.55. The van der Waals surface area contributed by atoms with E-state index in [4.69, 9.17) is 5.73 Å². The molecule has 2 heterocycles. The number of nitrogens with one attached hydrogen (secondary N) is 1. The van der Waals surface area contributed by atoms with Crippen molar-refractivity contribution in [2.24, 2.45) is 5.73 Å². The summed E-state index contributed by atoms with van der Waals surface area (Å²) in [5, 5.41) is 4.61. The monoisotopic (exact) mass is 380 g/mol. The number of primary amides is 1. The van der Waals surface area contributed by atoms with Gasteiger partial charge in [-0.25, -0.2) is 4.98 Å². The summed E-state index contributed by atoms with van der Waals surface area (Å²) in [6.45, 7) is 1.54. The van der Waals surface area contributed by atoms with Crippen molar-refractivity contribution < 1.29 is 9.59 Å². The van der Waals surface area contributed by atoms with Crippen LogP contribution in [-0.2, 0) is 9.59 Å². The first-order valence-corrected chi connectivity index (χ1v) is 9.69. The van der Waals surface area contributed by atoms with Crippen LogP contribution in [0.2, 0.25) is 0 Å². The quantitative estimate of drug-likeness (QED) is 0.711. The van der Waals surface area contributed by atoms with Gasteiger partial charge in [0.25, 0.3) is 0 Å². The molecule has 1 atom stereocenters. The lowest BCUT2D eigenvalue weighted by Gasteiger charge is -2.34. The molecule has 2 amide bonds. The summed E-state index contributed by atoms with van der Waals surface area (Å²) < 4.78 is 0. The number of amides is 2. The molecule has 7 heteroatoms. The zero-order chi connectivity index (χ0) is 19.0. The van der Waals surface area contributed by atoms with Gasteiger partial charge in [-0.2, -0.15) is 0 Å². The Morgan fingerprint density at radius 3 is 2.81 bits per heavy atom. The van der Waals surface area contributed by atoms with E-state index in [1.54, 1.807) is 6.20 Å². The van der Waals surface area contributed by atoms with Gasteiger partial charge in [-0.1, -0.05) is 12.1 Å². The number of pyridine rings is 1. The summed E-state index contributed by atoms with van der Waals surface area (Å²) >= 11 is 1.53. The lowest BCUT2D eigenvalue weighted by Crippen LogP contribution is -2.42. The van der Waals surface area contributed by atoms with Crippen molar-refractivity contribution >= 4 is 34.1 Å². The Hall–Kier alpha value is -2.80. The smallest absolute Gasteiger partial charge is 0.231 e. The Kier molecular flexibility index (Phi) is 4.61. The van der Waals surface area contributed by atoms with E-state index in [0.29, 0.717) is 10.9 Å². The summed E-state index contributed by atoms with van der Waals surface area (Å²) in [6, 6.07) is 9.82. The third-order valence-electron chi connectivity index (χ3n) is 4.98. The molecule has 3 aromatic rings. The van der Waals surface area contributed by atoms with Gasteiger partial charge in [-0.05, 0) is 42.5 Å². The molecular formula is C20H20N4O2S. The molecule has 1 aliphatic rings. The second kappa shape index (κ2) is 7.08. The standard InChI is InChI=1S/C20H20N4O2S/c1-11(25)24-15-8-14(9-15)17-10-23-20(27-17)18(19(21)26)13-4-5-16-12(7-13)3-2-6-22-16/h2-7,10,14-15,18H,8-9H2,1H3,(H2,21,26)(H,24,25). The first-order chi connectivity index (χ1) is 13.0. The summed E-state index contributed by atoms with van der Waals surface area (Å²) in [5.41, 5.74) is 7.42. The van der Waals surface area contributed by atoms with E-state index in [1.165, 1.54) is 18.3 Å². The zero-order valence-electron chi connectivity index (χ0n) is 14.9. The molecule has 27 heavy (non-hydrogen) atoms. The average Bonchev–Trinajstić information content (AvgIpc) is 3.06. The maximum Gasteiger partial charge on any atom is 0.231 e. The molecule has 3 N–H and O–H groups in total. The molecule has 138 valence electrons. The molecule has 0 aliphatic heterocycles. The van der Waals surface area contributed by atoms with E-state index in [-0.39, 0.29) is 11.9 Å². The first kappa shape index (κ1) is 17.6. The molecule has 6 nitrogen and oxygen atoms in total. The van der Waals surface area contributed by atoms with E-state index < -0.39 is 11.8 Å². The lowest BCUT2D eigenvalue weighted by molar-refractivity contribution is -0.120. The van der Waals surface area contributed by atoms with Gasteiger partial charge < -0.3 is 11.1 Å². The maximum atomic E-state index is 12.2. The van der Waals surface area contributed by atoms with Crippen molar-refractivity contribution in [1.82, 2.24) is 15.3 Å². The fraction of sp³-hybridized carbons (Fsp3) is 0.300. The maximum absolute atomic E-state index is 12.2. The molecule has 0 spiro atoms. The number of carbonyl (C=O) groups is 2. The molecule has 2 aromatic heterocycles. The highest BCUT2D eigenvalue weighted by molar-refractivity contribution is 7.12. The van der Waals surface area contributed by atoms with Crippen LogP contribution in [-0.4, -0.2) is 27.8 Å². The van der Waals surface area contributed by atoms with E-state index in [9.17, 15) is 9.59 Å². The normalized spacial score (nSPS) is 20.0. The topological polar surface area (TPSA) is 98.0 Å². The van der Waals surface area contributed by atoms with Crippen LogP contribution in [0.5, 0.6) is 0 Å². The Morgan fingerprint density at radius 2 is 2.07 bits per heavy atom. The molecule has 0 saturated heterocycles. The largest absolute Gasteiger partial charge is 0.369 e. The lowest BCUT2D eigenvalue weighted by atomic mass is 9.79. The highest BCUT2D eigenvalue weighted by atomic mass is 32.1. The first-order valence-electron chi connectivity index (χ1n) is 8.88. The Balaban J connectivity index is 1.57. The van der Waals surface area contributed by atoms with Crippen LogP contribution in [0, 0.1) is 0 Å². The number of benzene rings is 1. The van der Waals surface area contributed by atoms with Crippen molar-refractivity contribution in [2.75, 3.05) is 0 Å². The van der Waals surface area contributed by atoms with Gasteiger partial charge in [0, 0.05) is 35.6 Å². The summed E-state index contributed by atoms with van der Waals surface area (Å²) in [6.07, 6.45) is 5.40. The van der Waals surface area contributed by atoms with E-state index >= 15 is 0 Å². The van der Waals surface area contributed by atoms with Crippen LogP contribution in [0.4, 0.5) is 0 Å². The highest BCUT2D eigenvalue weighted by Crippen LogP contribution is 2.41. The molecule has 0 radical (unpaired) electrons. The number of fused-ring (bicyclic) bond motifs is 1. The Bertz CT molecular complexity index is 1010. The zero-order valence-corrected chi connectivity index (χ0v) is 15.7. The van der Waals surface area contributed by atoms with Crippen molar-refractivity contribution in [3.63, 3.8) is 0 Å². The minimum atomic E-state index is -0.570. The van der Waals surface area contributed by atoms with Crippen LogP contribution in [0.3, 0.4) is 0 Å². The average molecular weight is 380 g/mol. The predicted octanol–water partition coefficient (Wildman–Crippen LogP) is 2.69.